The molecule has 116 valence electrons. The number of nitrogens with one attached hydrogen (secondary N) is 1. The molecule has 6 nitrogen and oxygen atoms in total. The quantitative estimate of drug-likeness (QED) is 0.866. The fourth-order valence-electron chi connectivity index (χ4n) is 2.41. The third kappa shape index (κ3) is 3.41. The molecule has 2 amide bonds. The number of hydrogen-bond acceptors (Lipinski definition) is 5. The van der Waals surface area contributed by atoms with Crippen LogP contribution in [0.25, 0.3) is 0 Å². The van der Waals surface area contributed by atoms with E-state index in [1.54, 1.807) is 4.90 Å². The fourth-order valence-corrected chi connectivity index (χ4v) is 3.34. The standard InChI is InChI=1S/C14H22N4O2S/c1-4-16-12(19)11-5-9(15)6-18(11)14(20)13-17-10(7-21-13)8(2)3/h7-9,11H,4-6,15H2,1-3H3,(H,16,19)/t9-,11-/m0/s1. The van der Waals surface area contributed by atoms with Gasteiger partial charge in [0.15, 0.2) is 5.01 Å². The van der Waals surface area contributed by atoms with Crippen molar-refractivity contribution in [1.82, 2.24) is 15.2 Å². The van der Waals surface area contributed by atoms with Crippen LogP contribution < -0.4 is 11.1 Å². The lowest BCUT2D eigenvalue weighted by Crippen LogP contribution is -2.45. The van der Waals surface area contributed by atoms with Gasteiger partial charge in [-0.15, -0.1) is 11.3 Å². The molecular weight excluding hydrogens is 288 g/mol. The van der Waals surface area contributed by atoms with Gasteiger partial charge in [0.2, 0.25) is 5.91 Å². The number of amides is 2. The summed E-state index contributed by atoms with van der Waals surface area (Å²) in [7, 11) is 0. The number of likely N-dealkylation sites (N-methyl/N-ethyl adjacent to an activating group) is 1. The zero-order valence-corrected chi connectivity index (χ0v) is 13.4. The molecule has 7 heteroatoms. The Balaban J connectivity index is 2.17. The Morgan fingerprint density at radius 3 is 2.86 bits per heavy atom. The Kier molecular flexibility index (Phi) is 4.95. The Bertz CT molecular complexity index is 529. The van der Waals surface area contributed by atoms with Gasteiger partial charge in [0.1, 0.15) is 6.04 Å². The minimum absolute atomic E-state index is 0.139. The summed E-state index contributed by atoms with van der Waals surface area (Å²) in [5, 5.41) is 5.09. The number of carbonyl (C=O) groups excluding carboxylic acids is 2. The average molecular weight is 310 g/mol. The van der Waals surface area contributed by atoms with Gasteiger partial charge in [-0.2, -0.15) is 0 Å². The number of aromatic nitrogens is 1. The maximum Gasteiger partial charge on any atom is 0.283 e. The van der Waals surface area contributed by atoms with Crippen molar-refractivity contribution >= 4 is 23.2 Å². The maximum absolute atomic E-state index is 12.6. The molecule has 1 aromatic rings. The van der Waals surface area contributed by atoms with Crippen LogP contribution in [0.3, 0.4) is 0 Å². The first-order valence-electron chi connectivity index (χ1n) is 7.23. The van der Waals surface area contributed by atoms with Gasteiger partial charge in [-0.3, -0.25) is 9.59 Å². The van der Waals surface area contributed by atoms with Crippen molar-refractivity contribution in [3.05, 3.63) is 16.1 Å². The molecule has 21 heavy (non-hydrogen) atoms. The molecule has 1 fully saturated rings. The zero-order valence-electron chi connectivity index (χ0n) is 12.6. The van der Waals surface area contributed by atoms with Crippen LogP contribution in [-0.4, -0.2) is 46.9 Å². The van der Waals surface area contributed by atoms with Crippen molar-refractivity contribution in [3.8, 4) is 0 Å². The van der Waals surface area contributed by atoms with Gasteiger partial charge < -0.3 is 16.0 Å². The molecule has 1 saturated heterocycles. The van der Waals surface area contributed by atoms with Crippen LogP contribution in [0.4, 0.5) is 0 Å². The second-order valence-corrected chi connectivity index (χ2v) is 6.45. The van der Waals surface area contributed by atoms with Crippen molar-refractivity contribution < 1.29 is 9.59 Å². The molecule has 2 atom stereocenters. The van der Waals surface area contributed by atoms with Crippen LogP contribution in [0.1, 0.15) is 48.6 Å². The first-order valence-corrected chi connectivity index (χ1v) is 8.11. The lowest BCUT2D eigenvalue weighted by molar-refractivity contribution is -0.124. The number of nitrogens with zero attached hydrogens (tertiary/aromatic N) is 2. The Labute approximate surface area is 128 Å². The van der Waals surface area contributed by atoms with Crippen LogP contribution >= 0.6 is 11.3 Å². The molecule has 2 heterocycles. The van der Waals surface area contributed by atoms with Crippen LogP contribution in [0.15, 0.2) is 5.38 Å². The number of thiazole rings is 1. The molecular formula is C14H22N4O2S. The second-order valence-electron chi connectivity index (χ2n) is 5.60. The summed E-state index contributed by atoms with van der Waals surface area (Å²) < 4.78 is 0. The van der Waals surface area contributed by atoms with Crippen LogP contribution in [0.5, 0.6) is 0 Å². The summed E-state index contributed by atoms with van der Waals surface area (Å²) in [4.78, 5) is 30.6. The maximum atomic E-state index is 12.6. The summed E-state index contributed by atoms with van der Waals surface area (Å²) in [6, 6.07) is -0.648. The van der Waals surface area contributed by atoms with Crippen LogP contribution in [0.2, 0.25) is 0 Å². The molecule has 1 aliphatic rings. The highest BCUT2D eigenvalue weighted by Crippen LogP contribution is 2.23. The molecule has 1 aliphatic heterocycles. The highest BCUT2D eigenvalue weighted by molar-refractivity contribution is 7.11. The Hall–Kier alpha value is -1.47. The minimum Gasteiger partial charge on any atom is -0.355 e. The van der Waals surface area contributed by atoms with E-state index < -0.39 is 6.04 Å². The van der Waals surface area contributed by atoms with Crippen molar-refractivity contribution in [2.24, 2.45) is 5.73 Å². The third-order valence-electron chi connectivity index (χ3n) is 3.54. The number of nitrogens with two attached hydrogens (primary N) is 1. The van der Waals surface area contributed by atoms with Gasteiger partial charge in [0, 0.05) is 24.5 Å². The van der Waals surface area contributed by atoms with E-state index in [1.165, 1.54) is 11.3 Å². The SMILES string of the molecule is CCNC(=O)[C@@H]1C[C@H](N)CN1C(=O)c1nc(C(C)C)cs1. The van der Waals surface area contributed by atoms with Crippen LogP contribution in [-0.2, 0) is 4.79 Å². The topological polar surface area (TPSA) is 88.3 Å². The van der Waals surface area contributed by atoms with Gasteiger partial charge in [0.25, 0.3) is 5.91 Å². The second kappa shape index (κ2) is 6.53. The third-order valence-corrected chi connectivity index (χ3v) is 4.39. The summed E-state index contributed by atoms with van der Waals surface area (Å²) in [5.74, 6) is -0.0571. The van der Waals surface area contributed by atoms with Crippen molar-refractivity contribution in [2.75, 3.05) is 13.1 Å². The van der Waals surface area contributed by atoms with E-state index in [0.29, 0.717) is 24.5 Å². The monoisotopic (exact) mass is 310 g/mol. The van der Waals surface area contributed by atoms with Crippen LogP contribution in [0, 0.1) is 0 Å². The van der Waals surface area contributed by atoms with Crippen molar-refractivity contribution in [2.45, 2.75) is 45.2 Å². The van der Waals surface area contributed by atoms with Crippen molar-refractivity contribution in [1.29, 1.82) is 0 Å². The first-order chi connectivity index (χ1) is 9.93. The first kappa shape index (κ1) is 15.9. The molecule has 1 aromatic heterocycles. The predicted octanol–water partition coefficient (Wildman–Crippen LogP) is 0.944. The molecule has 0 saturated carbocycles. The van der Waals surface area contributed by atoms with Gasteiger partial charge in [0.05, 0.1) is 5.69 Å². The average Bonchev–Trinajstić information content (AvgIpc) is 3.04. The lowest BCUT2D eigenvalue weighted by Gasteiger charge is -2.22. The van der Waals surface area contributed by atoms with Gasteiger partial charge in [-0.25, -0.2) is 4.98 Å². The van der Waals surface area contributed by atoms with E-state index in [0.717, 1.165) is 5.69 Å². The summed E-state index contributed by atoms with van der Waals surface area (Å²) in [6.45, 7) is 6.87. The summed E-state index contributed by atoms with van der Waals surface area (Å²) in [6.07, 6.45) is 0.500. The predicted molar refractivity (Wildman–Crippen MR) is 82.3 cm³/mol. The normalized spacial score (nSPS) is 21.9. The van der Waals surface area contributed by atoms with Crippen molar-refractivity contribution in [3.63, 3.8) is 0 Å². The smallest absolute Gasteiger partial charge is 0.283 e. The van der Waals surface area contributed by atoms with Gasteiger partial charge in [-0.1, -0.05) is 13.8 Å². The lowest BCUT2D eigenvalue weighted by atomic mass is 10.1. The number of hydrogen-bond donors (Lipinski definition) is 2. The molecule has 0 unspecified atom stereocenters. The van der Waals surface area contributed by atoms with E-state index >= 15 is 0 Å². The molecule has 0 radical (unpaired) electrons. The highest BCUT2D eigenvalue weighted by Gasteiger charge is 2.39. The summed E-state index contributed by atoms with van der Waals surface area (Å²) in [5.41, 5.74) is 6.83. The molecule has 0 aliphatic carbocycles. The van der Waals surface area contributed by atoms with E-state index in [1.807, 2.05) is 26.2 Å². The molecule has 0 aromatic carbocycles. The number of carbonyl (C=O) groups is 2. The van der Waals surface area contributed by atoms with E-state index in [-0.39, 0.29) is 23.8 Å². The van der Waals surface area contributed by atoms with Gasteiger partial charge in [-0.05, 0) is 19.3 Å². The van der Waals surface area contributed by atoms with Gasteiger partial charge >= 0.3 is 0 Å². The highest BCUT2D eigenvalue weighted by atomic mass is 32.1. The number of likely N-dealkylation sites (tertiary alicyclic amines) is 1. The fraction of sp³-hybridized carbons (Fsp3) is 0.643. The van der Waals surface area contributed by atoms with E-state index in [2.05, 4.69) is 10.3 Å². The molecule has 2 rings (SSSR count). The Morgan fingerprint density at radius 1 is 1.57 bits per heavy atom. The summed E-state index contributed by atoms with van der Waals surface area (Å²) >= 11 is 1.33. The minimum atomic E-state index is -0.487. The zero-order chi connectivity index (χ0) is 15.6. The molecule has 0 spiro atoms. The van der Waals surface area contributed by atoms with E-state index in [4.69, 9.17) is 5.73 Å². The number of rotatable bonds is 4. The largest absolute Gasteiger partial charge is 0.355 e. The molecule has 0 bridgehead atoms. The van der Waals surface area contributed by atoms with E-state index in [9.17, 15) is 9.59 Å². The molecule has 3 N–H and O–H groups in total. The Morgan fingerprint density at radius 2 is 2.29 bits per heavy atom.